The second-order valence-corrected chi connectivity index (χ2v) is 6.34. The summed E-state index contributed by atoms with van der Waals surface area (Å²) in [5.41, 5.74) is 9.47. The molecule has 23 heavy (non-hydrogen) atoms. The molecule has 0 spiro atoms. The van der Waals surface area contributed by atoms with Crippen LogP contribution in [-0.2, 0) is 6.42 Å². The zero-order valence-corrected chi connectivity index (χ0v) is 13.4. The van der Waals surface area contributed by atoms with Gasteiger partial charge in [-0.05, 0) is 41.8 Å². The molecule has 1 atom stereocenters. The highest BCUT2D eigenvalue weighted by atomic mass is 35.5. The number of hydrogen-bond donors (Lipinski definition) is 2. The van der Waals surface area contributed by atoms with Gasteiger partial charge < -0.3 is 5.73 Å². The standard InChI is InChI=1S/C16H12Cl2N4O/c17-10-2-3-11(12(18)7-10)8-1-4-14-9(5-8)6-13(19)15-20-21-16(23)22(14)15/h1-5,7,13H,6,19H2,(H,21,23). The highest BCUT2D eigenvalue weighted by Gasteiger charge is 2.26. The number of fused-ring (bicyclic) bond motifs is 3. The van der Waals surface area contributed by atoms with Gasteiger partial charge in [0.25, 0.3) is 0 Å². The summed E-state index contributed by atoms with van der Waals surface area (Å²) in [6, 6.07) is 10.9. The van der Waals surface area contributed by atoms with Gasteiger partial charge >= 0.3 is 5.69 Å². The van der Waals surface area contributed by atoms with Crippen molar-refractivity contribution in [3.05, 3.63) is 68.3 Å². The number of nitrogens with one attached hydrogen (secondary N) is 1. The molecule has 1 aliphatic heterocycles. The first-order valence-electron chi connectivity index (χ1n) is 7.06. The summed E-state index contributed by atoms with van der Waals surface area (Å²) < 4.78 is 1.52. The van der Waals surface area contributed by atoms with E-state index in [1.807, 2.05) is 24.3 Å². The molecule has 3 N–H and O–H groups in total. The molecular formula is C16H12Cl2N4O. The fourth-order valence-electron chi connectivity index (χ4n) is 2.98. The van der Waals surface area contributed by atoms with Crippen LogP contribution in [-0.4, -0.2) is 14.8 Å². The molecule has 5 nitrogen and oxygen atoms in total. The summed E-state index contributed by atoms with van der Waals surface area (Å²) in [7, 11) is 0. The second kappa shape index (κ2) is 5.23. The number of rotatable bonds is 1. The maximum absolute atomic E-state index is 12.0. The number of nitrogens with two attached hydrogens (primary N) is 1. The molecular weight excluding hydrogens is 335 g/mol. The molecule has 0 radical (unpaired) electrons. The summed E-state index contributed by atoms with van der Waals surface area (Å²) >= 11 is 12.2. The quantitative estimate of drug-likeness (QED) is 0.710. The van der Waals surface area contributed by atoms with Gasteiger partial charge in [0.05, 0.1) is 11.7 Å². The molecule has 2 heterocycles. The van der Waals surface area contributed by atoms with Crippen LogP contribution in [0.4, 0.5) is 0 Å². The lowest BCUT2D eigenvalue weighted by Gasteiger charge is -2.22. The largest absolute Gasteiger partial charge is 0.347 e. The molecule has 0 saturated carbocycles. The summed E-state index contributed by atoms with van der Waals surface area (Å²) in [5.74, 6) is 0.555. The first-order chi connectivity index (χ1) is 11.0. The number of hydrogen-bond acceptors (Lipinski definition) is 3. The van der Waals surface area contributed by atoms with Crippen molar-refractivity contribution >= 4 is 23.2 Å². The average Bonchev–Trinajstić information content (AvgIpc) is 2.90. The molecule has 4 rings (SSSR count). The van der Waals surface area contributed by atoms with Gasteiger partial charge in [-0.15, -0.1) is 0 Å². The van der Waals surface area contributed by atoms with Crippen LogP contribution in [0.2, 0.25) is 10.0 Å². The summed E-state index contributed by atoms with van der Waals surface area (Å²) in [6.45, 7) is 0. The first-order valence-corrected chi connectivity index (χ1v) is 7.82. The molecule has 2 aromatic carbocycles. The van der Waals surface area contributed by atoms with E-state index in [0.29, 0.717) is 22.3 Å². The second-order valence-electron chi connectivity index (χ2n) is 5.50. The van der Waals surface area contributed by atoms with E-state index in [-0.39, 0.29) is 11.7 Å². The van der Waals surface area contributed by atoms with Gasteiger partial charge in [0.15, 0.2) is 5.82 Å². The van der Waals surface area contributed by atoms with Crippen molar-refractivity contribution < 1.29 is 0 Å². The Hall–Kier alpha value is -2.08. The Bertz CT molecular complexity index is 976. The molecule has 1 unspecified atom stereocenters. The highest BCUT2D eigenvalue weighted by molar-refractivity contribution is 6.36. The van der Waals surface area contributed by atoms with Crippen LogP contribution in [0.5, 0.6) is 0 Å². The number of H-pyrrole nitrogens is 1. The number of aromatic nitrogens is 3. The number of benzene rings is 2. The minimum atomic E-state index is -0.322. The molecule has 0 aliphatic carbocycles. The fourth-order valence-corrected chi connectivity index (χ4v) is 3.49. The Balaban J connectivity index is 1.89. The van der Waals surface area contributed by atoms with E-state index < -0.39 is 0 Å². The van der Waals surface area contributed by atoms with Crippen molar-refractivity contribution in [2.45, 2.75) is 12.5 Å². The van der Waals surface area contributed by atoms with E-state index in [2.05, 4.69) is 10.2 Å². The van der Waals surface area contributed by atoms with Crippen molar-refractivity contribution in [1.82, 2.24) is 14.8 Å². The van der Waals surface area contributed by atoms with E-state index in [4.69, 9.17) is 28.9 Å². The lowest BCUT2D eigenvalue weighted by Crippen LogP contribution is -2.28. The first kappa shape index (κ1) is 14.5. The van der Waals surface area contributed by atoms with Crippen LogP contribution in [0.3, 0.4) is 0 Å². The van der Waals surface area contributed by atoms with Gasteiger partial charge in [0.1, 0.15) is 0 Å². The lowest BCUT2D eigenvalue weighted by atomic mass is 9.95. The lowest BCUT2D eigenvalue weighted by molar-refractivity contribution is 0.619. The fraction of sp³-hybridized carbons (Fsp3) is 0.125. The Morgan fingerprint density at radius 2 is 2.04 bits per heavy atom. The zero-order valence-electron chi connectivity index (χ0n) is 11.9. The van der Waals surface area contributed by atoms with E-state index >= 15 is 0 Å². The van der Waals surface area contributed by atoms with Crippen LogP contribution < -0.4 is 11.4 Å². The van der Waals surface area contributed by atoms with Crippen molar-refractivity contribution in [2.75, 3.05) is 0 Å². The van der Waals surface area contributed by atoms with Crippen LogP contribution in [0.15, 0.2) is 41.2 Å². The number of nitrogens with zero attached hydrogens (tertiary/aromatic N) is 2. The Morgan fingerprint density at radius 1 is 1.22 bits per heavy atom. The summed E-state index contributed by atoms with van der Waals surface area (Å²) in [5, 5.41) is 7.63. The highest BCUT2D eigenvalue weighted by Crippen LogP contribution is 2.34. The van der Waals surface area contributed by atoms with Crippen LogP contribution in [0.1, 0.15) is 17.4 Å². The monoisotopic (exact) mass is 346 g/mol. The minimum Gasteiger partial charge on any atom is -0.321 e. The van der Waals surface area contributed by atoms with Crippen LogP contribution in [0, 0.1) is 0 Å². The molecule has 116 valence electrons. The maximum Gasteiger partial charge on any atom is 0.347 e. The Kier molecular flexibility index (Phi) is 3.30. The normalized spacial score (nSPS) is 16.0. The van der Waals surface area contributed by atoms with Gasteiger partial charge in [-0.3, -0.25) is 0 Å². The van der Waals surface area contributed by atoms with E-state index in [0.717, 1.165) is 22.4 Å². The third-order valence-corrected chi connectivity index (χ3v) is 4.58. The molecule has 0 bridgehead atoms. The predicted octanol–water partition coefficient (Wildman–Crippen LogP) is 3.09. The minimum absolute atomic E-state index is 0.284. The van der Waals surface area contributed by atoms with Gasteiger partial charge in [-0.25, -0.2) is 14.5 Å². The SMILES string of the molecule is NC1Cc2cc(-c3ccc(Cl)cc3Cl)ccc2-n2c1n[nH]c2=O. The van der Waals surface area contributed by atoms with Gasteiger partial charge in [0, 0.05) is 15.6 Å². The number of aromatic amines is 1. The molecule has 0 amide bonds. The summed E-state index contributed by atoms with van der Waals surface area (Å²) in [6.07, 6.45) is 0.610. The number of halogens is 2. The van der Waals surface area contributed by atoms with E-state index in [1.54, 1.807) is 12.1 Å². The smallest absolute Gasteiger partial charge is 0.321 e. The molecule has 7 heteroatoms. The average molecular weight is 347 g/mol. The van der Waals surface area contributed by atoms with E-state index in [1.165, 1.54) is 4.57 Å². The third-order valence-electron chi connectivity index (χ3n) is 4.03. The van der Waals surface area contributed by atoms with Crippen LogP contribution >= 0.6 is 23.2 Å². The van der Waals surface area contributed by atoms with Crippen molar-refractivity contribution in [3.63, 3.8) is 0 Å². The molecule has 1 aromatic heterocycles. The van der Waals surface area contributed by atoms with Crippen molar-refractivity contribution in [3.8, 4) is 16.8 Å². The molecule has 0 fully saturated rings. The molecule has 3 aromatic rings. The zero-order chi connectivity index (χ0) is 16.1. The molecule has 0 saturated heterocycles. The Labute approximate surface area is 141 Å². The third kappa shape index (κ3) is 2.28. The molecule has 1 aliphatic rings. The maximum atomic E-state index is 12.0. The Morgan fingerprint density at radius 3 is 2.83 bits per heavy atom. The van der Waals surface area contributed by atoms with Crippen molar-refractivity contribution in [1.29, 1.82) is 0 Å². The van der Waals surface area contributed by atoms with Gasteiger partial charge in [0.2, 0.25) is 0 Å². The predicted molar refractivity (Wildman–Crippen MR) is 90.3 cm³/mol. The summed E-state index contributed by atoms with van der Waals surface area (Å²) in [4.78, 5) is 12.0. The topological polar surface area (TPSA) is 76.7 Å². The van der Waals surface area contributed by atoms with Crippen LogP contribution in [0.25, 0.3) is 16.8 Å². The van der Waals surface area contributed by atoms with Gasteiger partial charge in [-0.1, -0.05) is 35.3 Å². The van der Waals surface area contributed by atoms with Crippen molar-refractivity contribution in [2.24, 2.45) is 5.73 Å². The van der Waals surface area contributed by atoms with Gasteiger partial charge in [-0.2, -0.15) is 5.10 Å². The van der Waals surface area contributed by atoms with E-state index in [9.17, 15) is 4.79 Å².